The Labute approximate surface area is 96.9 Å². The molecule has 0 heterocycles. The summed E-state index contributed by atoms with van der Waals surface area (Å²) in [6.45, 7) is 2.59. The fraction of sp³-hybridized carbons (Fsp3) is 0.357. The summed E-state index contributed by atoms with van der Waals surface area (Å²) in [6.07, 6.45) is 6.08. The van der Waals surface area contributed by atoms with Crippen molar-refractivity contribution in [2.24, 2.45) is 0 Å². The molecule has 0 aromatic heterocycles. The minimum absolute atomic E-state index is 0.246. The molecule has 0 radical (unpaired) electrons. The van der Waals surface area contributed by atoms with Gasteiger partial charge in [-0.2, -0.15) is 0 Å². The van der Waals surface area contributed by atoms with Crippen molar-refractivity contribution in [2.45, 2.75) is 26.2 Å². The van der Waals surface area contributed by atoms with Gasteiger partial charge in [0.05, 0.1) is 6.61 Å². The molecule has 1 aromatic carbocycles. The van der Waals surface area contributed by atoms with E-state index in [0.29, 0.717) is 6.61 Å². The van der Waals surface area contributed by atoms with E-state index in [4.69, 9.17) is 4.74 Å². The van der Waals surface area contributed by atoms with E-state index in [2.05, 4.69) is 6.92 Å². The zero-order valence-corrected chi connectivity index (χ0v) is 9.69. The molecule has 16 heavy (non-hydrogen) atoms. The summed E-state index contributed by atoms with van der Waals surface area (Å²) in [6, 6.07) is 10.0. The van der Waals surface area contributed by atoms with Crippen LogP contribution in [0.5, 0.6) is 0 Å². The van der Waals surface area contributed by atoms with Gasteiger partial charge in [0, 0.05) is 6.08 Å². The average Bonchev–Trinajstić information content (AvgIpc) is 2.31. The molecule has 0 atom stereocenters. The number of hydrogen-bond acceptors (Lipinski definition) is 2. The van der Waals surface area contributed by atoms with Gasteiger partial charge in [0.2, 0.25) is 0 Å². The summed E-state index contributed by atoms with van der Waals surface area (Å²) in [5.41, 5.74) is 1.19. The maximum absolute atomic E-state index is 11.2. The molecule has 0 fully saturated rings. The van der Waals surface area contributed by atoms with E-state index < -0.39 is 0 Å². The summed E-state index contributed by atoms with van der Waals surface area (Å²) in [4.78, 5) is 11.2. The Bertz CT molecular complexity index is 328. The number of unbranched alkanes of at least 4 members (excludes halogenated alkanes) is 1. The highest BCUT2D eigenvalue weighted by Crippen LogP contribution is 2.00. The average molecular weight is 218 g/mol. The molecule has 0 aliphatic heterocycles. The minimum atomic E-state index is -0.246. The van der Waals surface area contributed by atoms with Crippen molar-refractivity contribution in [2.75, 3.05) is 6.61 Å². The van der Waals surface area contributed by atoms with E-state index >= 15 is 0 Å². The summed E-state index contributed by atoms with van der Waals surface area (Å²) in [5, 5.41) is 0. The first kappa shape index (κ1) is 12.5. The van der Waals surface area contributed by atoms with Crippen molar-refractivity contribution in [1.82, 2.24) is 0 Å². The number of carbonyl (C=O) groups excluding carboxylic acids is 1. The molecule has 86 valence electrons. The highest BCUT2D eigenvalue weighted by atomic mass is 16.5. The maximum Gasteiger partial charge on any atom is 0.330 e. The van der Waals surface area contributed by atoms with Crippen molar-refractivity contribution in [3.8, 4) is 0 Å². The van der Waals surface area contributed by atoms with Crippen LogP contribution in [0.25, 0.3) is 0 Å². The second-order valence-corrected chi connectivity index (χ2v) is 3.61. The molecule has 2 heteroatoms. The zero-order chi connectivity index (χ0) is 11.6. The first-order valence-electron chi connectivity index (χ1n) is 5.70. The number of esters is 1. The van der Waals surface area contributed by atoms with Crippen molar-refractivity contribution in [1.29, 1.82) is 0 Å². The van der Waals surface area contributed by atoms with Gasteiger partial charge in [-0.3, -0.25) is 0 Å². The third kappa shape index (κ3) is 5.35. The summed E-state index contributed by atoms with van der Waals surface area (Å²) < 4.78 is 4.99. The van der Waals surface area contributed by atoms with Gasteiger partial charge in [-0.15, -0.1) is 0 Å². The van der Waals surface area contributed by atoms with E-state index in [1.165, 1.54) is 11.6 Å². The molecule has 0 saturated heterocycles. The van der Waals surface area contributed by atoms with Gasteiger partial charge in [0.15, 0.2) is 0 Å². The van der Waals surface area contributed by atoms with Gasteiger partial charge >= 0.3 is 5.97 Å². The number of benzene rings is 1. The van der Waals surface area contributed by atoms with E-state index in [-0.39, 0.29) is 5.97 Å². The lowest BCUT2D eigenvalue weighted by Crippen LogP contribution is -2.01. The van der Waals surface area contributed by atoms with Crippen molar-refractivity contribution < 1.29 is 9.53 Å². The summed E-state index contributed by atoms with van der Waals surface area (Å²) in [5.74, 6) is -0.246. The fourth-order valence-corrected chi connectivity index (χ4v) is 1.27. The van der Waals surface area contributed by atoms with Crippen LogP contribution in [0.15, 0.2) is 42.5 Å². The molecular formula is C14H18O2. The third-order valence-corrected chi connectivity index (χ3v) is 2.19. The van der Waals surface area contributed by atoms with Crippen molar-refractivity contribution in [3.05, 3.63) is 48.0 Å². The Hall–Kier alpha value is -1.57. The zero-order valence-electron chi connectivity index (χ0n) is 9.69. The molecule has 0 unspecified atom stereocenters. The summed E-state index contributed by atoms with van der Waals surface area (Å²) >= 11 is 0. The predicted molar refractivity (Wildman–Crippen MR) is 65.2 cm³/mol. The number of allylic oxidation sites excluding steroid dienone is 1. The van der Waals surface area contributed by atoms with Crippen LogP contribution in [0.1, 0.15) is 25.3 Å². The van der Waals surface area contributed by atoms with Crippen molar-refractivity contribution >= 4 is 5.97 Å². The van der Waals surface area contributed by atoms with Crippen LogP contribution in [0.4, 0.5) is 0 Å². The number of rotatable bonds is 6. The smallest absolute Gasteiger partial charge is 0.330 e. The molecule has 0 spiro atoms. The van der Waals surface area contributed by atoms with Crippen LogP contribution in [-0.4, -0.2) is 12.6 Å². The van der Waals surface area contributed by atoms with Gasteiger partial charge < -0.3 is 4.74 Å². The van der Waals surface area contributed by atoms with E-state index in [9.17, 15) is 4.79 Å². The van der Waals surface area contributed by atoms with Gasteiger partial charge in [-0.25, -0.2) is 4.79 Å². The first-order valence-corrected chi connectivity index (χ1v) is 5.70. The number of ether oxygens (including phenoxy) is 1. The Kier molecular flexibility index (Phi) is 6.00. The third-order valence-electron chi connectivity index (χ3n) is 2.19. The highest BCUT2D eigenvalue weighted by Gasteiger charge is 1.95. The lowest BCUT2D eigenvalue weighted by molar-refractivity contribution is -0.137. The van der Waals surface area contributed by atoms with Gasteiger partial charge in [-0.05, 0) is 18.4 Å². The molecule has 0 N–H and O–H groups in total. The van der Waals surface area contributed by atoms with E-state index in [1.807, 2.05) is 36.4 Å². The quantitative estimate of drug-likeness (QED) is 0.416. The second-order valence-electron chi connectivity index (χ2n) is 3.61. The van der Waals surface area contributed by atoms with Crippen LogP contribution in [0, 0.1) is 0 Å². The molecule has 2 nitrogen and oxygen atoms in total. The van der Waals surface area contributed by atoms with Crippen molar-refractivity contribution in [3.63, 3.8) is 0 Å². The van der Waals surface area contributed by atoms with E-state index in [0.717, 1.165) is 19.3 Å². The normalized spacial score (nSPS) is 10.6. The van der Waals surface area contributed by atoms with Crippen LogP contribution < -0.4 is 0 Å². The molecule has 0 aliphatic rings. The standard InChI is InChI=1S/C14H18O2/c1-2-3-12-16-14(15)11-7-10-13-8-5-4-6-9-13/h4-9,11H,2-3,10,12H2,1H3. The Balaban J connectivity index is 2.24. The van der Waals surface area contributed by atoms with Gasteiger partial charge in [0.25, 0.3) is 0 Å². The minimum Gasteiger partial charge on any atom is -0.463 e. The largest absolute Gasteiger partial charge is 0.463 e. The first-order chi connectivity index (χ1) is 7.83. The topological polar surface area (TPSA) is 26.3 Å². The van der Waals surface area contributed by atoms with Crippen LogP contribution in [0.3, 0.4) is 0 Å². The molecule has 0 saturated carbocycles. The molecular weight excluding hydrogens is 200 g/mol. The SMILES string of the molecule is CCCCOC(=O)C=CCc1ccccc1. The lowest BCUT2D eigenvalue weighted by atomic mass is 10.1. The Morgan fingerprint density at radius 2 is 2.06 bits per heavy atom. The van der Waals surface area contributed by atoms with Gasteiger partial charge in [-0.1, -0.05) is 49.8 Å². The second kappa shape index (κ2) is 7.69. The molecule has 0 aliphatic carbocycles. The number of carbonyl (C=O) groups is 1. The maximum atomic E-state index is 11.2. The molecule has 1 aromatic rings. The molecule has 0 amide bonds. The number of hydrogen-bond donors (Lipinski definition) is 0. The van der Waals surface area contributed by atoms with Crippen LogP contribution >= 0.6 is 0 Å². The van der Waals surface area contributed by atoms with Gasteiger partial charge in [0.1, 0.15) is 0 Å². The summed E-state index contributed by atoms with van der Waals surface area (Å²) in [7, 11) is 0. The molecule has 1 rings (SSSR count). The Morgan fingerprint density at radius 1 is 1.31 bits per heavy atom. The van der Waals surface area contributed by atoms with Crippen LogP contribution in [0.2, 0.25) is 0 Å². The predicted octanol–water partition coefficient (Wildman–Crippen LogP) is 3.13. The van der Waals surface area contributed by atoms with E-state index in [1.54, 1.807) is 0 Å². The monoisotopic (exact) mass is 218 g/mol. The Morgan fingerprint density at radius 3 is 2.75 bits per heavy atom. The lowest BCUT2D eigenvalue weighted by Gasteiger charge is -1.99. The molecule has 0 bridgehead atoms. The van der Waals surface area contributed by atoms with Crippen LogP contribution in [-0.2, 0) is 16.0 Å². The highest BCUT2D eigenvalue weighted by molar-refractivity contribution is 5.81. The fourth-order valence-electron chi connectivity index (χ4n) is 1.27.